The number of carbonyl (C=O) groups excluding carboxylic acids is 1. The van der Waals surface area contributed by atoms with E-state index in [9.17, 15) is 4.79 Å². The number of piperazine rings is 1. The van der Waals surface area contributed by atoms with Crippen LogP contribution in [0, 0.1) is 0 Å². The van der Waals surface area contributed by atoms with Crippen LogP contribution in [-0.2, 0) is 0 Å². The van der Waals surface area contributed by atoms with Crippen LogP contribution in [0.15, 0.2) is 12.4 Å². The molecule has 0 unspecified atom stereocenters. The summed E-state index contributed by atoms with van der Waals surface area (Å²) in [6.07, 6.45) is 3.20. The van der Waals surface area contributed by atoms with E-state index in [1.54, 1.807) is 12.4 Å². The highest BCUT2D eigenvalue weighted by Crippen LogP contribution is 2.12. The molecule has 15 heavy (non-hydrogen) atoms. The molecule has 2 heterocycles. The molecule has 1 aromatic rings. The van der Waals surface area contributed by atoms with E-state index in [0.29, 0.717) is 5.56 Å². The third-order valence-electron chi connectivity index (χ3n) is 2.60. The summed E-state index contributed by atoms with van der Waals surface area (Å²) in [5.74, 6) is 0.0540. The molecular weight excluding hydrogens is 192 g/mol. The Labute approximate surface area is 88.8 Å². The molecule has 0 atom stereocenters. The molecule has 0 bridgehead atoms. The third kappa shape index (κ3) is 2.18. The highest BCUT2D eigenvalue weighted by atomic mass is 16.2. The van der Waals surface area contributed by atoms with Crippen molar-refractivity contribution in [2.24, 2.45) is 0 Å². The monoisotopic (exact) mass is 208 g/mol. The number of hydrogen-bond acceptors (Lipinski definition) is 3. The largest absolute Gasteiger partial charge is 0.335 e. The zero-order valence-corrected chi connectivity index (χ0v) is 9.08. The van der Waals surface area contributed by atoms with Crippen LogP contribution in [-0.4, -0.2) is 46.2 Å². The molecule has 1 fully saturated rings. The van der Waals surface area contributed by atoms with Gasteiger partial charge in [-0.3, -0.25) is 9.89 Å². The highest BCUT2D eigenvalue weighted by molar-refractivity contribution is 5.93. The Hall–Kier alpha value is -1.36. The first kappa shape index (κ1) is 10.2. The second-order valence-electron chi connectivity index (χ2n) is 4.52. The molecule has 1 aromatic heterocycles. The van der Waals surface area contributed by atoms with Crippen molar-refractivity contribution >= 4 is 5.91 Å². The standard InChI is InChI=1S/C10H16N4O/c1-10(2)7-14(4-3-11-10)9(15)8-5-12-13-6-8/h5-6,11H,3-4,7H2,1-2H3,(H,12,13). The maximum Gasteiger partial charge on any atom is 0.257 e. The smallest absolute Gasteiger partial charge is 0.257 e. The first-order valence-corrected chi connectivity index (χ1v) is 5.12. The van der Waals surface area contributed by atoms with Gasteiger partial charge in [-0.05, 0) is 13.8 Å². The van der Waals surface area contributed by atoms with Crippen molar-refractivity contribution in [3.63, 3.8) is 0 Å². The van der Waals surface area contributed by atoms with E-state index >= 15 is 0 Å². The molecule has 2 N–H and O–H groups in total. The lowest BCUT2D eigenvalue weighted by Gasteiger charge is -2.38. The molecule has 82 valence electrons. The van der Waals surface area contributed by atoms with Crippen molar-refractivity contribution in [2.75, 3.05) is 19.6 Å². The Kier molecular flexibility index (Phi) is 2.48. The van der Waals surface area contributed by atoms with Crippen LogP contribution in [0.2, 0.25) is 0 Å². The van der Waals surface area contributed by atoms with E-state index in [1.807, 2.05) is 4.90 Å². The normalized spacial score (nSPS) is 20.3. The summed E-state index contributed by atoms with van der Waals surface area (Å²) in [7, 11) is 0. The fourth-order valence-corrected chi connectivity index (χ4v) is 1.87. The molecular formula is C10H16N4O. The number of aromatic nitrogens is 2. The number of rotatable bonds is 1. The maximum absolute atomic E-state index is 12.0. The Bertz CT molecular complexity index is 344. The molecule has 0 radical (unpaired) electrons. The first-order valence-electron chi connectivity index (χ1n) is 5.12. The quantitative estimate of drug-likeness (QED) is 0.694. The van der Waals surface area contributed by atoms with Gasteiger partial charge in [0.05, 0.1) is 11.8 Å². The van der Waals surface area contributed by atoms with Gasteiger partial charge in [-0.2, -0.15) is 5.10 Å². The summed E-state index contributed by atoms with van der Waals surface area (Å²) in [5, 5.41) is 9.81. The molecule has 5 heteroatoms. The van der Waals surface area contributed by atoms with Gasteiger partial charge in [0.1, 0.15) is 0 Å². The average molecular weight is 208 g/mol. The molecule has 1 saturated heterocycles. The van der Waals surface area contributed by atoms with Gasteiger partial charge in [0.2, 0.25) is 0 Å². The second-order valence-corrected chi connectivity index (χ2v) is 4.52. The van der Waals surface area contributed by atoms with Crippen molar-refractivity contribution in [3.05, 3.63) is 18.0 Å². The van der Waals surface area contributed by atoms with E-state index in [-0.39, 0.29) is 11.4 Å². The summed E-state index contributed by atoms with van der Waals surface area (Å²) in [6, 6.07) is 0. The Morgan fingerprint density at radius 2 is 2.40 bits per heavy atom. The summed E-state index contributed by atoms with van der Waals surface area (Å²) in [4.78, 5) is 13.8. The predicted octanol–water partition coefficient (Wildman–Crippen LogP) is 0.234. The van der Waals surface area contributed by atoms with Crippen molar-refractivity contribution in [3.8, 4) is 0 Å². The van der Waals surface area contributed by atoms with E-state index in [4.69, 9.17) is 0 Å². The first-order chi connectivity index (χ1) is 7.08. The van der Waals surface area contributed by atoms with Crippen molar-refractivity contribution in [1.82, 2.24) is 20.4 Å². The zero-order valence-electron chi connectivity index (χ0n) is 9.08. The van der Waals surface area contributed by atoms with Crippen LogP contribution in [0.1, 0.15) is 24.2 Å². The van der Waals surface area contributed by atoms with Gasteiger partial charge in [-0.25, -0.2) is 0 Å². The van der Waals surface area contributed by atoms with Crippen molar-refractivity contribution in [1.29, 1.82) is 0 Å². The van der Waals surface area contributed by atoms with Crippen molar-refractivity contribution < 1.29 is 4.79 Å². The topological polar surface area (TPSA) is 61.0 Å². The second kappa shape index (κ2) is 3.66. The number of nitrogens with zero attached hydrogens (tertiary/aromatic N) is 2. The summed E-state index contributed by atoms with van der Waals surface area (Å²) >= 11 is 0. The number of H-pyrrole nitrogens is 1. The lowest BCUT2D eigenvalue weighted by Crippen LogP contribution is -2.58. The number of aromatic amines is 1. The van der Waals surface area contributed by atoms with Gasteiger partial charge < -0.3 is 10.2 Å². The van der Waals surface area contributed by atoms with Gasteiger partial charge in [0.15, 0.2) is 0 Å². The van der Waals surface area contributed by atoms with Gasteiger partial charge in [0, 0.05) is 31.4 Å². The highest BCUT2D eigenvalue weighted by Gasteiger charge is 2.29. The fourth-order valence-electron chi connectivity index (χ4n) is 1.87. The average Bonchev–Trinajstić information content (AvgIpc) is 2.67. The van der Waals surface area contributed by atoms with E-state index in [1.165, 1.54) is 0 Å². The Balaban J connectivity index is 2.08. The molecule has 1 aliphatic rings. The van der Waals surface area contributed by atoms with Crippen LogP contribution in [0.4, 0.5) is 0 Å². The van der Waals surface area contributed by atoms with Gasteiger partial charge in [0.25, 0.3) is 5.91 Å². The SMILES string of the molecule is CC1(C)CN(C(=O)c2cn[nH]c2)CCN1. The lowest BCUT2D eigenvalue weighted by atomic mass is 10.0. The summed E-state index contributed by atoms with van der Waals surface area (Å²) < 4.78 is 0. The number of carbonyl (C=O) groups is 1. The number of amides is 1. The van der Waals surface area contributed by atoms with Crippen LogP contribution < -0.4 is 5.32 Å². The van der Waals surface area contributed by atoms with E-state index in [2.05, 4.69) is 29.4 Å². The minimum atomic E-state index is -0.00234. The van der Waals surface area contributed by atoms with Gasteiger partial charge in [-0.15, -0.1) is 0 Å². The Morgan fingerprint density at radius 1 is 1.60 bits per heavy atom. The zero-order chi connectivity index (χ0) is 10.9. The van der Waals surface area contributed by atoms with Crippen molar-refractivity contribution in [2.45, 2.75) is 19.4 Å². The number of hydrogen-bond donors (Lipinski definition) is 2. The molecule has 5 nitrogen and oxygen atoms in total. The summed E-state index contributed by atoms with van der Waals surface area (Å²) in [6.45, 7) is 6.53. The molecule has 0 spiro atoms. The van der Waals surface area contributed by atoms with E-state index in [0.717, 1.165) is 19.6 Å². The maximum atomic E-state index is 12.0. The number of nitrogens with one attached hydrogen (secondary N) is 2. The molecule has 2 rings (SSSR count). The van der Waals surface area contributed by atoms with Crippen LogP contribution in [0.5, 0.6) is 0 Å². The molecule has 0 saturated carbocycles. The van der Waals surface area contributed by atoms with Crippen LogP contribution in [0.3, 0.4) is 0 Å². The van der Waals surface area contributed by atoms with Gasteiger partial charge in [-0.1, -0.05) is 0 Å². The van der Waals surface area contributed by atoms with Crippen LogP contribution >= 0.6 is 0 Å². The minimum absolute atomic E-state index is 0.00234. The van der Waals surface area contributed by atoms with Gasteiger partial charge >= 0.3 is 0 Å². The predicted molar refractivity (Wildman–Crippen MR) is 56.6 cm³/mol. The fraction of sp³-hybridized carbons (Fsp3) is 0.600. The molecule has 0 aromatic carbocycles. The molecule has 0 aliphatic carbocycles. The lowest BCUT2D eigenvalue weighted by molar-refractivity contribution is 0.0652. The Morgan fingerprint density at radius 3 is 3.00 bits per heavy atom. The third-order valence-corrected chi connectivity index (χ3v) is 2.60. The summed E-state index contributed by atoms with van der Waals surface area (Å²) in [5.41, 5.74) is 0.630. The van der Waals surface area contributed by atoms with Crippen LogP contribution in [0.25, 0.3) is 0 Å². The molecule has 1 amide bonds. The molecule has 1 aliphatic heterocycles. The van der Waals surface area contributed by atoms with E-state index < -0.39 is 0 Å². The minimum Gasteiger partial charge on any atom is -0.335 e.